The monoisotopic (exact) mass is 448 g/mol. The van der Waals surface area contributed by atoms with Gasteiger partial charge in [0.2, 0.25) is 0 Å². The molecule has 4 aromatic rings. The average Bonchev–Trinajstić information content (AvgIpc) is 3.04. The van der Waals surface area contributed by atoms with Crippen molar-refractivity contribution in [3.8, 4) is 11.8 Å². The molecule has 0 saturated heterocycles. The Balaban J connectivity index is 2.17. The van der Waals surface area contributed by atoms with Crippen LogP contribution < -0.4 is 0 Å². The second kappa shape index (κ2) is 7.38. The quantitative estimate of drug-likeness (QED) is 0.288. The van der Waals surface area contributed by atoms with Gasteiger partial charge in [0.05, 0.1) is 33.9 Å². The molecule has 0 amide bonds. The molecule has 0 saturated carbocycles. The fourth-order valence-electron chi connectivity index (χ4n) is 4.24. The molecule has 0 N–H and O–H groups in total. The van der Waals surface area contributed by atoms with Crippen molar-refractivity contribution in [2.45, 2.75) is 58.5 Å². The van der Waals surface area contributed by atoms with E-state index in [-0.39, 0.29) is 22.1 Å². The normalized spacial score (nSPS) is 13.0. The Morgan fingerprint density at radius 3 is 1.58 bits per heavy atom. The van der Waals surface area contributed by atoms with Crippen molar-refractivity contribution in [3.05, 3.63) is 76.9 Å². The van der Waals surface area contributed by atoms with Gasteiger partial charge in [-0.05, 0) is 64.4 Å². The van der Waals surface area contributed by atoms with Gasteiger partial charge >= 0.3 is 6.18 Å². The molecular formula is C28H27F3N2. The van der Waals surface area contributed by atoms with Crippen LogP contribution in [0.5, 0.6) is 0 Å². The third-order valence-electron chi connectivity index (χ3n) is 6.17. The molecule has 0 aliphatic rings. The fourth-order valence-corrected chi connectivity index (χ4v) is 4.24. The average molecular weight is 449 g/mol. The van der Waals surface area contributed by atoms with E-state index in [2.05, 4.69) is 53.7 Å². The maximum absolute atomic E-state index is 14.1. The van der Waals surface area contributed by atoms with E-state index < -0.39 is 11.7 Å². The third kappa shape index (κ3) is 3.99. The number of nitrogens with zero attached hydrogens (tertiary/aromatic N) is 2. The van der Waals surface area contributed by atoms with Crippen LogP contribution in [0.25, 0.3) is 27.5 Å². The molecule has 3 aromatic carbocycles. The topological polar surface area (TPSA) is 28.7 Å². The number of alkyl halides is 3. The summed E-state index contributed by atoms with van der Waals surface area (Å²) in [5.41, 5.74) is 2.63. The fraction of sp³-hybridized carbons (Fsp3) is 0.321. The largest absolute Gasteiger partial charge is 0.418 e. The summed E-state index contributed by atoms with van der Waals surface area (Å²) in [6, 6.07) is 17.6. The van der Waals surface area contributed by atoms with E-state index in [1.807, 2.05) is 30.3 Å². The number of aromatic nitrogens is 1. The lowest BCUT2D eigenvalue weighted by Gasteiger charge is -2.19. The van der Waals surface area contributed by atoms with Gasteiger partial charge in [-0.25, -0.2) is 0 Å². The minimum absolute atomic E-state index is 0.0168. The molecule has 0 aliphatic carbocycles. The lowest BCUT2D eigenvalue weighted by molar-refractivity contribution is -0.137. The maximum Gasteiger partial charge on any atom is 0.418 e. The van der Waals surface area contributed by atoms with Gasteiger partial charge < -0.3 is 4.57 Å². The molecule has 33 heavy (non-hydrogen) atoms. The number of rotatable bonds is 1. The second-order valence-corrected chi connectivity index (χ2v) is 10.6. The molecule has 1 heterocycles. The minimum atomic E-state index is -4.60. The van der Waals surface area contributed by atoms with Gasteiger partial charge in [0.25, 0.3) is 0 Å². The summed E-state index contributed by atoms with van der Waals surface area (Å²) >= 11 is 0. The maximum atomic E-state index is 14.1. The summed E-state index contributed by atoms with van der Waals surface area (Å²) < 4.78 is 43.9. The van der Waals surface area contributed by atoms with Crippen molar-refractivity contribution in [3.63, 3.8) is 0 Å². The van der Waals surface area contributed by atoms with Crippen LogP contribution in [0.1, 0.15) is 63.8 Å². The molecule has 1 aromatic heterocycles. The highest BCUT2D eigenvalue weighted by Crippen LogP contribution is 2.41. The molecular weight excluding hydrogens is 421 g/mol. The first-order chi connectivity index (χ1) is 15.2. The molecule has 0 atom stereocenters. The Hall–Kier alpha value is -3.26. The number of halogens is 3. The van der Waals surface area contributed by atoms with Crippen molar-refractivity contribution in [2.75, 3.05) is 0 Å². The summed E-state index contributed by atoms with van der Waals surface area (Å²) in [6.45, 7) is 12.7. The molecule has 0 fully saturated rings. The van der Waals surface area contributed by atoms with Crippen molar-refractivity contribution in [1.82, 2.24) is 4.57 Å². The first-order valence-corrected chi connectivity index (χ1v) is 10.9. The molecule has 170 valence electrons. The van der Waals surface area contributed by atoms with Gasteiger partial charge in [0, 0.05) is 10.8 Å². The van der Waals surface area contributed by atoms with Crippen LogP contribution in [0.3, 0.4) is 0 Å². The van der Waals surface area contributed by atoms with E-state index >= 15 is 0 Å². The van der Waals surface area contributed by atoms with Crippen LogP contribution in [0.4, 0.5) is 13.2 Å². The Morgan fingerprint density at radius 2 is 1.18 bits per heavy atom. The first-order valence-electron chi connectivity index (χ1n) is 10.9. The van der Waals surface area contributed by atoms with Crippen LogP contribution >= 0.6 is 0 Å². The zero-order valence-corrected chi connectivity index (χ0v) is 19.7. The van der Waals surface area contributed by atoms with E-state index in [1.165, 1.54) is 12.1 Å². The summed E-state index contributed by atoms with van der Waals surface area (Å²) in [4.78, 5) is 0. The Kier molecular flexibility index (Phi) is 5.13. The van der Waals surface area contributed by atoms with Gasteiger partial charge in [-0.3, -0.25) is 0 Å². The third-order valence-corrected chi connectivity index (χ3v) is 6.17. The zero-order chi connectivity index (χ0) is 24.3. The molecule has 0 bridgehead atoms. The van der Waals surface area contributed by atoms with Gasteiger partial charge in [-0.2, -0.15) is 18.4 Å². The summed E-state index contributed by atoms with van der Waals surface area (Å²) in [5.74, 6) is 0. The van der Waals surface area contributed by atoms with Crippen LogP contribution in [-0.4, -0.2) is 4.57 Å². The predicted octanol–water partition coefficient (Wildman–Crippen LogP) is 8.27. The van der Waals surface area contributed by atoms with Gasteiger partial charge in [-0.1, -0.05) is 53.7 Å². The number of hydrogen-bond acceptors (Lipinski definition) is 1. The highest BCUT2D eigenvalue weighted by Gasteiger charge is 2.35. The predicted molar refractivity (Wildman–Crippen MR) is 128 cm³/mol. The Bertz CT molecular complexity index is 1350. The Morgan fingerprint density at radius 1 is 0.697 bits per heavy atom. The van der Waals surface area contributed by atoms with Crippen molar-refractivity contribution < 1.29 is 13.2 Å². The van der Waals surface area contributed by atoms with Crippen LogP contribution in [0, 0.1) is 11.3 Å². The summed E-state index contributed by atoms with van der Waals surface area (Å²) in [5, 5.41) is 11.0. The summed E-state index contributed by atoms with van der Waals surface area (Å²) in [6.07, 6.45) is -4.60. The van der Waals surface area contributed by atoms with Crippen LogP contribution in [-0.2, 0) is 17.0 Å². The molecule has 0 radical (unpaired) electrons. The van der Waals surface area contributed by atoms with E-state index in [1.54, 1.807) is 4.57 Å². The second-order valence-electron chi connectivity index (χ2n) is 10.6. The van der Waals surface area contributed by atoms with E-state index in [0.29, 0.717) is 11.0 Å². The molecule has 2 nitrogen and oxygen atoms in total. The number of fused-ring (bicyclic) bond motifs is 3. The molecule has 0 aliphatic heterocycles. The Labute approximate surface area is 192 Å². The lowest BCUT2D eigenvalue weighted by Crippen LogP contribution is -2.12. The highest BCUT2D eigenvalue weighted by molar-refractivity contribution is 6.10. The standard InChI is InChI=1S/C28H27F3N2/c1-26(2,3)18-8-11-23-20(14-18)21-15-19(27(4,5)6)9-12-24(21)33(23)25-10-7-17(16-32)13-22(25)28(29,30)31/h7-15H,1-6H3. The molecule has 0 unspecified atom stereocenters. The van der Waals surface area contributed by atoms with Gasteiger partial charge in [-0.15, -0.1) is 0 Å². The minimum Gasteiger partial charge on any atom is -0.309 e. The van der Waals surface area contributed by atoms with Crippen LogP contribution in [0.2, 0.25) is 0 Å². The number of benzene rings is 3. The van der Waals surface area contributed by atoms with Crippen molar-refractivity contribution in [2.24, 2.45) is 0 Å². The molecule has 5 heteroatoms. The highest BCUT2D eigenvalue weighted by atomic mass is 19.4. The van der Waals surface area contributed by atoms with E-state index in [9.17, 15) is 18.4 Å². The van der Waals surface area contributed by atoms with Crippen LogP contribution in [0.15, 0.2) is 54.6 Å². The number of nitriles is 1. The van der Waals surface area contributed by atoms with Crippen molar-refractivity contribution >= 4 is 21.8 Å². The lowest BCUT2D eigenvalue weighted by atomic mass is 9.85. The number of hydrogen-bond donors (Lipinski definition) is 0. The SMILES string of the molecule is CC(C)(C)c1ccc2c(c1)c1cc(C(C)(C)C)ccc1n2-c1ccc(C#N)cc1C(F)(F)F. The van der Waals surface area contributed by atoms with Gasteiger partial charge in [0.1, 0.15) is 0 Å². The van der Waals surface area contributed by atoms with Gasteiger partial charge in [0.15, 0.2) is 0 Å². The smallest absolute Gasteiger partial charge is 0.309 e. The summed E-state index contributed by atoms with van der Waals surface area (Å²) in [7, 11) is 0. The van der Waals surface area contributed by atoms with Crippen molar-refractivity contribution in [1.29, 1.82) is 5.26 Å². The first kappa shape index (κ1) is 22.9. The van der Waals surface area contributed by atoms with E-state index in [4.69, 9.17) is 0 Å². The molecule has 0 spiro atoms. The zero-order valence-electron chi connectivity index (χ0n) is 19.7. The van der Waals surface area contributed by atoms with E-state index in [0.717, 1.165) is 28.0 Å². The molecule has 4 rings (SSSR count).